The van der Waals surface area contributed by atoms with Crippen LogP contribution in [0.4, 0.5) is 5.95 Å². The number of aromatic nitrogens is 3. The molecule has 1 fully saturated rings. The van der Waals surface area contributed by atoms with E-state index >= 15 is 0 Å². The van der Waals surface area contributed by atoms with Gasteiger partial charge in [-0.05, 0) is 23.0 Å². The number of nitrogens with zero attached hydrogens (tertiary/aromatic N) is 4. The molecule has 1 aliphatic heterocycles. The lowest BCUT2D eigenvalue weighted by molar-refractivity contribution is 0.122. The molecule has 0 N–H and O–H groups in total. The normalized spacial score (nSPS) is 15.2. The van der Waals surface area contributed by atoms with E-state index in [4.69, 9.17) is 21.1 Å². The number of thiophene rings is 1. The van der Waals surface area contributed by atoms with Crippen molar-refractivity contribution in [2.24, 2.45) is 0 Å². The molecule has 0 unspecified atom stereocenters. The topological polar surface area (TPSA) is 60.4 Å². The third kappa shape index (κ3) is 4.03. The van der Waals surface area contributed by atoms with Gasteiger partial charge in [0.2, 0.25) is 11.2 Å². The Morgan fingerprint density at radius 2 is 2.14 bits per heavy atom. The van der Waals surface area contributed by atoms with Crippen molar-refractivity contribution in [2.75, 3.05) is 37.8 Å². The molecule has 0 atom stereocenters. The fraction of sp³-hybridized carbons (Fsp3) is 0.462. The predicted octanol–water partition coefficient (Wildman–Crippen LogP) is 2.04. The number of ether oxygens (including phenoxy) is 2. The second-order valence-corrected chi connectivity index (χ2v) is 5.83. The number of hydrogen-bond donors (Lipinski definition) is 0. The second kappa shape index (κ2) is 7.02. The summed E-state index contributed by atoms with van der Waals surface area (Å²) in [4.78, 5) is 15.8. The van der Waals surface area contributed by atoms with Gasteiger partial charge >= 0.3 is 6.01 Å². The highest BCUT2D eigenvalue weighted by molar-refractivity contribution is 7.09. The summed E-state index contributed by atoms with van der Waals surface area (Å²) in [7, 11) is 0. The summed E-state index contributed by atoms with van der Waals surface area (Å²) in [6.07, 6.45) is 0.827. The summed E-state index contributed by atoms with van der Waals surface area (Å²) in [5.41, 5.74) is 0. The molecular formula is C13H15ClN4O2S. The number of hydrogen-bond acceptors (Lipinski definition) is 7. The molecule has 3 heterocycles. The van der Waals surface area contributed by atoms with E-state index in [-0.39, 0.29) is 11.3 Å². The van der Waals surface area contributed by atoms with E-state index in [1.54, 1.807) is 11.3 Å². The zero-order chi connectivity index (χ0) is 14.5. The van der Waals surface area contributed by atoms with E-state index < -0.39 is 0 Å². The average molecular weight is 327 g/mol. The summed E-state index contributed by atoms with van der Waals surface area (Å²) in [5.74, 6) is 0.546. The molecule has 0 saturated carbocycles. The van der Waals surface area contributed by atoms with Crippen LogP contribution in [0.1, 0.15) is 4.88 Å². The largest absolute Gasteiger partial charge is 0.463 e. The Morgan fingerprint density at radius 1 is 1.29 bits per heavy atom. The molecule has 0 amide bonds. The zero-order valence-electron chi connectivity index (χ0n) is 11.4. The summed E-state index contributed by atoms with van der Waals surface area (Å²) >= 11 is 7.66. The fourth-order valence-electron chi connectivity index (χ4n) is 1.99. The van der Waals surface area contributed by atoms with Crippen LogP contribution in [0.15, 0.2) is 17.5 Å². The van der Waals surface area contributed by atoms with Gasteiger partial charge in [0.05, 0.1) is 19.8 Å². The number of rotatable bonds is 5. The first-order chi connectivity index (χ1) is 10.3. The minimum Gasteiger partial charge on any atom is -0.463 e. The SMILES string of the molecule is Clc1nc(OCCc2cccs2)nc(N2CCOCC2)n1. The van der Waals surface area contributed by atoms with Crippen LogP contribution in [0.3, 0.4) is 0 Å². The van der Waals surface area contributed by atoms with Crippen molar-refractivity contribution in [3.05, 3.63) is 27.7 Å². The van der Waals surface area contributed by atoms with Crippen molar-refractivity contribution in [3.63, 3.8) is 0 Å². The van der Waals surface area contributed by atoms with Gasteiger partial charge in [-0.25, -0.2) is 0 Å². The van der Waals surface area contributed by atoms with Crippen molar-refractivity contribution in [1.82, 2.24) is 15.0 Å². The molecule has 2 aromatic rings. The van der Waals surface area contributed by atoms with Crippen molar-refractivity contribution in [3.8, 4) is 6.01 Å². The summed E-state index contributed by atoms with van der Waals surface area (Å²) in [5, 5.41) is 2.20. The molecule has 1 saturated heterocycles. The van der Waals surface area contributed by atoms with Gasteiger partial charge in [-0.1, -0.05) is 6.07 Å². The minimum absolute atomic E-state index is 0.151. The maximum Gasteiger partial charge on any atom is 0.322 e. The van der Waals surface area contributed by atoms with Crippen LogP contribution in [0.25, 0.3) is 0 Å². The Kier molecular flexibility index (Phi) is 4.84. The molecule has 8 heteroatoms. The van der Waals surface area contributed by atoms with E-state index in [0.29, 0.717) is 25.8 Å². The lowest BCUT2D eigenvalue weighted by Gasteiger charge is -2.26. The molecular weight excluding hydrogens is 312 g/mol. The van der Waals surface area contributed by atoms with E-state index in [1.807, 2.05) is 16.3 Å². The van der Waals surface area contributed by atoms with Gasteiger partial charge in [-0.3, -0.25) is 0 Å². The fourth-order valence-corrected chi connectivity index (χ4v) is 2.83. The highest BCUT2D eigenvalue weighted by Gasteiger charge is 2.16. The molecule has 112 valence electrons. The lowest BCUT2D eigenvalue weighted by atomic mass is 10.4. The van der Waals surface area contributed by atoms with Gasteiger partial charge in [0, 0.05) is 24.4 Å². The standard InChI is InChI=1S/C13H15ClN4O2S/c14-11-15-12(18-4-7-19-8-5-18)17-13(16-11)20-6-3-10-2-1-9-21-10/h1-2,9H,3-8H2. The highest BCUT2D eigenvalue weighted by Crippen LogP contribution is 2.17. The Bertz CT molecular complexity index is 576. The van der Waals surface area contributed by atoms with E-state index in [1.165, 1.54) is 4.88 Å². The first kappa shape index (κ1) is 14.5. The molecule has 0 aromatic carbocycles. The number of morpholine rings is 1. The highest BCUT2D eigenvalue weighted by atomic mass is 35.5. The van der Waals surface area contributed by atoms with Gasteiger partial charge in [-0.15, -0.1) is 11.3 Å². The summed E-state index contributed by atoms with van der Waals surface area (Å²) < 4.78 is 10.9. The molecule has 2 aromatic heterocycles. The Balaban J connectivity index is 1.63. The molecule has 21 heavy (non-hydrogen) atoms. The smallest absolute Gasteiger partial charge is 0.322 e. The zero-order valence-corrected chi connectivity index (χ0v) is 12.9. The molecule has 0 aliphatic carbocycles. The molecule has 0 radical (unpaired) electrons. The van der Waals surface area contributed by atoms with Crippen LogP contribution in [-0.4, -0.2) is 47.9 Å². The third-order valence-electron chi connectivity index (χ3n) is 3.03. The lowest BCUT2D eigenvalue weighted by Crippen LogP contribution is -2.37. The molecule has 0 bridgehead atoms. The van der Waals surface area contributed by atoms with Gasteiger partial charge in [0.25, 0.3) is 0 Å². The molecule has 0 spiro atoms. The Hall–Kier alpha value is -1.44. The summed E-state index contributed by atoms with van der Waals surface area (Å²) in [6.45, 7) is 3.34. The van der Waals surface area contributed by atoms with Crippen LogP contribution in [0, 0.1) is 0 Å². The molecule has 3 rings (SSSR count). The second-order valence-electron chi connectivity index (χ2n) is 4.46. The van der Waals surface area contributed by atoms with Crippen molar-refractivity contribution in [2.45, 2.75) is 6.42 Å². The first-order valence-electron chi connectivity index (χ1n) is 6.71. The monoisotopic (exact) mass is 326 g/mol. The van der Waals surface area contributed by atoms with Crippen molar-refractivity contribution < 1.29 is 9.47 Å². The van der Waals surface area contributed by atoms with Crippen molar-refractivity contribution >= 4 is 28.9 Å². The average Bonchev–Trinajstić information content (AvgIpc) is 3.01. The van der Waals surface area contributed by atoms with Gasteiger partial charge in [-0.2, -0.15) is 15.0 Å². The van der Waals surface area contributed by atoms with E-state index in [2.05, 4.69) is 21.0 Å². The predicted molar refractivity (Wildman–Crippen MR) is 81.4 cm³/mol. The van der Waals surface area contributed by atoms with Crippen LogP contribution in [-0.2, 0) is 11.2 Å². The first-order valence-corrected chi connectivity index (χ1v) is 7.96. The molecule has 6 nitrogen and oxygen atoms in total. The van der Waals surface area contributed by atoms with Gasteiger partial charge < -0.3 is 14.4 Å². The van der Waals surface area contributed by atoms with Crippen LogP contribution < -0.4 is 9.64 Å². The number of halogens is 1. The van der Waals surface area contributed by atoms with Crippen LogP contribution in [0.5, 0.6) is 6.01 Å². The Labute approximate surface area is 131 Å². The maximum absolute atomic E-state index is 5.95. The van der Waals surface area contributed by atoms with E-state index in [0.717, 1.165) is 19.5 Å². The van der Waals surface area contributed by atoms with Gasteiger partial charge in [0.15, 0.2) is 0 Å². The van der Waals surface area contributed by atoms with Crippen molar-refractivity contribution in [1.29, 1.82) is 0 Å². The van der Waals surface area contributed by atoms with Crippen LogP contribution in [0.2, 0.25) is 5.28 Å². The summed E-state index contributed by atoms with van der Waals surface area (Å²) in [6, 6.07) is 4.37. The third-order valence-corrected chi connectivity index (χ3v) is 4.13. The van der Waals surface area contributed by atoms with Gasteiger partial charge in [0.1, 0.15) is 0 Å². The maximum atomic E-state index is 5.95. The van der Waals surface area contributed by atoms with E-state index in [9.17, 15) is 0 Å². The minimum atomic E-state index is 0.151. The Morgan fingerprint density at radius 3 is 2.90 bits per heavy atom. The molecule has 1 aliphatic rings. The number of anilines is 1. The van der Waals surface area contributed by atoms with Crippen LogP contribution >= 0.6 is 22.9 Å². The quantitative estimate of drug-likeness (QED) is 0.838.